The first-order valence-corrected chi connectivity index (χ1v) is 11.6. The Morgan fingerprint density at radius 3 is 1.60 bits per heavy atom. The Hall–Kier alpha value is -2.71. The lowest BCUT2D eigenvalue weighted by Gasteiger charge is -2.35. The van der Waals surface area contributed by atoms with Crippen LogP contribution < -0.4 is 0 Å². The maximum absolute atomic E-state index is 12.8. The molecule has 2 aliphatic heterocycles. The molecule has 7 nitrogen and oxygen atoms in total. The van der Waals surface area contributed by atoms with Gasteiger partial charge in [0.05, 0.1) is 4.90 Å². The van der Waals surface area contributed by atoms with Crippen LogP contribution in [0.15, 0.2) is 59.5 Å². The second kappa shape index (κ2) is 8.57. The van der Waals surface area contributed by atoms with Crippen molar-refractivity contribution >= 4 is 21.8 Å². The lowest BCUT2D eigenvalue weighted by Crippen LogP contribution is -2.50. The minimum Gasteiger partial charge on any atom is -0.335 e. The molecule has 0 unspecified atom stereocenters. The van der Waals surface area contributed by atoms with Gasteiger partial charge in [0.25, 0.3) is 11.8 Å². The molecule has 0 bridgehead atoms. The van der Waals surface area contributed by atoms with Crippen molar-refractivity contribution in [2.45, 2.75) is 17.7 Å². The van der Waals surface area contributed by atoms with Crippen molar-refractivity contribution in [3.05, 3.63) is 65.7 Å². The molecule has 2 amide bonds. The second-order valence-corrected chi connectivity index (χ2v) is 9.52. The molecule has 0 aliphatic carbocycles. The Balaban J connectivity index is 1.38. The number of benzene rings is 2. The number of hydrogen-bond acceptors (Lipinski definition) is 4. The number of carbonyl (C=O) groups excluding carboxylic acids is 2. The lowest BCUT2D eigenvalue weighted by molar-refractivity contribution is 0.0535. The number of rotatable bonds is 4. The van der Waals surface area contributed by atoms with Gasteiger partial charge in [-0.3, -0.25) is 9.59 Å². The first-order chi connectivity index (χ1) is 14.5. The van der Waals surface area contributed by atoms with E-state index in [4.69, 9.17) is 0 Å². The average molecular weight is 428 g/mol. The van der Waals surface area contributed by atoms with Gasteiger partial charge >= 0.3 is 0 Å². The van der Waals surface area contributed by atoms with E-state index in [0.717, 1.165) is 12.8 Å². The highest BCUT2D eigenvalue weighted by atomic mass is 32.2. The van der Waals surface area contributed by atoms with Crippen molar-refractivity contribution in [2.75, 3.05) is 39.3 Å². The van der Waals surface area contributed by atoms with Gasteiger partial charge in [-0.15, -0.1) is 0 Å². The van der Waals surface area contributed by atoms with Gasteiger partial charge in [-0.1, -0.05) is 18.2 Å². The van der Waals surface area contributed by atoms with E-state index in [9.17, 15) is 18.0 Å². The van der Waals surface area contributed by atoms with Crippen molar-refractivity contribution in [1.82, 2.24) is 14.1 Å². The molecule has 0 spiro atoms. The number of nitrogens with zero attached hydrogens (tertiary/aromatic N) is 3. The minimum atomic E-state index is -3.48. The van der Waals surface area contributed by atoms with E-state index < -0.39 is 10.0 Å². The molecule has 30 heavy (non-hydrogen) atoms. The highest BCUT2D eigenvalue weighted by Crippen LogP contribution is 2.21. The second-order valence-electron chi connectivity index (χ2n) is 7.59. The molecule has 158 valence electrons. The summed E-state index contributed by atoms with van der Waals surface area (Å²) in [5, 5.41) is 0. The van der Waals surface area contributed by atoms with Crippen LogP contribution in [0.4, 0.5) is 0 Å². The summed E-state index contributed by atoms with van der Waals surface area (Å²) in [5.74, 6) is -0.175. The molecule has 2 aliphatic rings. The maximum Gasteiger partial charge on any atom is 0.253 e. The van der Waals surface area contributed by atoms with Crippen molar-refractivity contribution in [3.8, 4) is 0 Å². The van der Waals surface area contributed by atoms with Crippen LogP contribution in [0.2, 0.25) is 0 Å². The number of piperazine rings is 1. The average Bonchev–Trinajstić information content (AvgIpc) is 3.35. The quantitative estimate of drug-likeness (QED) is 0.748. The van der Waals surface area contributed by atoms with Crippen LogP contribution in [0.3, 0.4) is 0 Å². The number of sulfonamides is 1. The van der Waals surface area contributed by atoms with Crippen LogP contribution in [0, 0.1) is 0 Å². The van der Waals surface area contributed by atoms with E-state index in [1.165, 1.54) is 16.4 Å². The summed E-state index contributed by atoms with van der Waals surface area (Å²) < 4.78 is 26.7. The smallest absolute Gasteiger partial charge is 0.253 e. The first-order valence-electron chi connectivity index (χ1n) is 10.2. The fraction of sp³-hybridized carbons (Fsp3) is 0.364. The Morgan fingerprint density at radius 2 is 1.10 bits per heavy atom. The van der Waals surface area contributed by atoms with Gasteiger partial charge in [0.15, 0.2) is 0 Å². The Bertz CT molecular complexity index is 1010. The fourth-order valence-corrected chi connectivity index (χ4v) is 5.42. The Labute approximate surface area is 176 Å². The van der Waals surface area contributed by atoms with Crippen molar-refractivity contribution < 1.29 is 18.0 Å². The molecule has 0 N–H and O–H groups in total. The summed E-state index contributed by atoms with van der Waals surface area (Å²) in [5.41, 5.74) is 1.10. The van der Waals surface area contributed by atoms with E-state index in [2.05, 4.69) is 0 Å². The molecule has 2 fully saturated rings. The molecule has 0 aromatic heterocycles. The predicted molar refractivity (Wildman–Crippen MR) is 113 cm³/mol. The number of carbonyl (C=O) groups is 2. The molecular weight excluding hydrogens is 402 g/mol. The molecule has 2 heterocycles. The number of amides is 2. The molecule has 4 rings (SSSR count). The summed E-state index contributed by atoms with van der Waals surface area (Å²) in [6.45, 7) is 2.95. The van der Waals surface area contributed by atoms with Gasteiger partial charge in [0, 0.05) is 50.4 Å². The van der Waals surface area contributed by atoms with E-state index in [0.29, 0.717) is 50.4 Å². The van der Waals surface area contributed by atoms with Crippen LogP contribution in [0.5, 0.6) is 0 Å². The summed E-state index contributed by atoms with van der Waals surface area (Å²) in [7, 11) is -3.48. The Morgan fingerprint density at radius 1 is 0.633 bits per heavy atom. The van der Waals surface area contributed by atoms with Gasteiger partial charge in [0.2, 0.25) is 10.0 Å². The topological polar surface area (TPSA) is 78.0 Å². The van der Waals surface area contributed by atoms with Gasteiger partial charge in [-0.2, -0.15) is 4.31 Å². The lowest BCUT2D eigenvalue weighted by atomic mass is 10.1. The van der Waals surface area contributed by atoms with Crippen LogP contribution in [0.1, 0.15) is 33.6 Å². The molecule has 2 aromatic carbocycles. The van der Waals surface area contributed by atoms with Crippen molar-refractivity contribution in [3.63, 3.8) is 0 Å². The summed E-state index contributed by atoms with van der Waals surface area (Å²) in [6.07, 6.45) is 1.77. The normalized spacial score (nSPS) is 17.9. The fourth-order valence-electron chi connectivity index (χ4n) is 3.91. The molecule has 0 saturated carbocycles. The third-order valence-corrected chi connectivity index (χ3v) is 7.59. The largest absolute Gasteiger partial charge is 0.335 e. The zero-order valence-corrected chi connectivity index (χ0v) is 17.6. The first kappa shape index (κ1) is 20.6. The summed E-state index contributed by atoms with van der Waals surface area (Å²) in [6, 6.07) is 15.3. The number of hydrogen-bond donors (Lipinski definition) is 0. The standard InChI is InChI=1S/C22H25N3O4S/c26-21(18-6-2-1-3-7-18)23-14-16-24(17-15-23)22(27)19-8-10-20(11-9-19)30(28,29)25-12-4-5-13-25/h1-3,6-11H,4-5,12-17H2. The highest BCUT2D eigenvalue weighted by Gasteiger charge is 2.28. The minimum absolute atomic E-state index is 0.0285. The molecule has 8 heteroatoms. The van der Waals surface area contributed by atoms with E-state index in [1.54, 1.807) is 34.1 Å². The molecule has 0 radical (unpaired) electrons. The molecule has 0 atom stereocenters. The SMILES string of the molecule is O=C(c1ccccc1)N1CCN(C(=O)c2ccc(S(=O)(=O)N3CCCC3)cc2)CC1. The van der Waals surface area contributed by atoms with E-state index in [-0.39, 0.29) is 16.7 Å². The molecule has 2 aromatic rings. The summed E-state index contributed by atoms with van der Waals surface area (Å²) >= 11 is 0. The van der Waals surface area contributed by atoms with Gasteiger partial charge in [-0.25, -0.2) is 8.42 Å². The zero-order chi connectivity index (χ0) is 21.1. The van der Waals surface area contributed by atoms with Crippen LogP contribution in [-0.4, -0.2) is 73.6 Å². The van der Waals surface area contributed by atoms with Crippen LogP contribution in [0.25, 0.3) is 0 Å². The van der Waals surface area contributed by atoms with Gasteiger partial charge in [0.1, 0.15) is 0 Å². The highest BCUT2D eigenvalue weighted by molar-refractivity contribution is 7.89. The van der Waals surface area contributed by atoms with Crippen LogP contribution >= 0.6 is 0 Å². The third-order valence-electron chi connectivity index (χ3n) is 5.68. The van der Waals surface area contributed by atoms with Crippen molar-refractivity contribution in [1.29, 1.82) is 0 Å². The van der Waals surface area contributed by atoms with Gasteiger partial charge in [-0.05, 0) is 49.2 Å². The molecular formula is C22H25N3O4S. The third kappa shape index (κ3) is 4.11. The van der Waals surface area contributed by atoms with Crippen LogP contribution in [-0.2, 0) is 10.0 Å². The maximum atomic E-state index is 12.8. The predicted octanol–water partition coefficient (Wildman–Crippen LogP) is 2.07. The summed E-state index contributed by atoms with van der Waals surface area (Å²) in [4.78, 5) is 29.1. The van der Waals surface area contributed by atoms with E-state index >= 15 is 0 Å². The monoisotopic (exact) mass is 427 g/mol. The zero-order valence-electron chi connectivity index (χ0n) is 16.7. The van der Waals surface area contributed by atoms with Gasteiger partial charge < -0.3 is 9.80 Å². The van der Waals surface area contributed by atoms with Crippen molar-refractivity contribution in [2.24, 2.45) is 0 Å². The van der Waals surface area contributed by atoms with E-state index in [1.807, 2.05) is 18.2 Å². The molecule has 2 saturated heterocycles. The Kier molecular flexibility index (Phi) is 5.87.